The molecule has 136 valence electrons. The van der Waals surface area contributed by atoms with Gasteiger partial charge in [-0.2, -0.15) is 15.1 Å². The Hall–Kier alpha value is -2.70. The van der Waals surface area contributed by atoms with E-state index in [-0.39, 0.29) is 10.9 Å². The quantitative estimate of drug-likeness (QED) is 0.829. The fourth-order valence-corrected chi connectivity index (χ4v) is 4.65. The first-order chi connectivity index (χ1) is 12.3. The van der Waals surface area contributed by atoms with Crippen molar-refractivity contribution in [2.75, 3.05) is 6.54 Å². The van der Waals surface area contributed by atoms with Crippen LogP contribution in [0.3, 0.4) is 0 Å². The Labute approximate surface area is 152 Å². The average Bonchev–Trinajstić information content (AvgIpc) is 3.12. The molecule has 1 N–H and O–H groups in total. The van der Waals surface area contributed by atoms with Crippen molar-refractivity contribution in [3.63, 3.8) is 0 Å². The van der Waals surface area contributed by atoms with Crippen molar-refractivity contribution in [3.8, 4) is 6.07 Å². The normalized spacial score (nSPS) is 17.5. The number of nitrogens with zero attached hydrogens (tertiary/aromatic N) is 4. The Balaban J connectivity index is 1.70. The van der Waals surface area contributed by atoms with E-state index in [1.54, 1.807) is 43.1 Å². The number of hydrogen-bond donors (Lipinski definition) is 1. The van der Waals surface area contributed by atoms with Crippen molar-refractivity contribution in [1.82, 2.24) is 19.4 Å². The lowest BCUT2D eigenvalue weighted by Crippen LogP contribution is -2.41. The smallest absolute Gasteiger partial charge is 0.258 e. The molecule has 0 saturated carbocycles. The van der Waals surface area contributed by atoms with Gasteiger partial charge in [0.15, 0.2) is 5.03 Å². The molecule has 1 aliphatic heterocycles. The summed E-state index contributed by atoms with van der Waals surface area (Å²) in [5.74, 6) is -0.252. The van der Waals surface area contributed by atoms with Crippen LogP contribution < -0.4 is 4.72 Å². The second-order valence-corrected chi connectivity index (χ2v) is 7.92. The number of aryl methyl sites for hydroxylation is 2. The van der Waals surface area contributed by atoms with Gasteiger partial charge in [0, 0.05) is 25.7 Å². The van der Waals surface area contributed by atoms with Gasteiger partial charge in [0.1, 0.15) is 6.04 Å². The molecule has 3 rings (SSSR count). The molecule has 1 fully saturated rings. The van der Waals surface area contributed by atoms with Gasteiger partial charge in [-0.1, -0.05) is 12.1 Å². The Morgan fingerprint density at radius 3 is 2.62 bits per heavy atom. The first-order valence-electron chi connectivity index (χ1n) is 8.10. The van der Waals surface area contributed by atoms with Crippen LogP contribution in [-0.2, 0) is 28.4 Å². The van der Waals surface area contributed by atoms with Crippen molar-refractivity contribution in [2.24, 2.45) is 7.05 Å². The van der Waals surface area contributed by atoms with E-state index in [0.717, 1.165) is 5.56 Å². The number of nitrogens with one attached hydrogen (secondary N) is 1. The molecule has 1 aromatic heterocycles. The molecule has 1 aliphatic rings. The summed E-state index contributed by atoms with van der Waals surface area (Å²) in [5, 5.41) is 12.8. The third-order valence-corrected chi connectivity index (χ3v) is 6.05. The highest BCUT2D eigenvalue weighted by atomic mass is 32.2. The van der Waals surface area contributed by atoms with Gasteiger partial charge in [-0.25, -0.2) is 8.42 Å². The number of carbonyl (C=O) groups is 1. The van der Waals surface area contributed by atoms with Gasteiger partial charge in [0.2, 0.25) is 5.91 Å². The number of rotatable bonds is 5. The lowest BCUT2D eigenvalue weighted by molar-refractivity contribution is -0.129. The van der Waals surface area contributed by atoms with Crippen LogP contribution >= 0.6 is 0 Å². The standard InChI is InChI=1S/C17H19N5O3S/c1-12-10-19-21(2)17(12)26(24,25)20-15-7-8-22(16(15)23)11-14-5-3-13(9-18)4-6-14/h3-6,10,15,20H,7-8,11H2,1-2H3. The molecule has 1 atom stereocenters. The highest BCUT2D eigenvalue weighted by Crippen LogP contribution is 2.19. The zero-order valence-electron chi connectivity index (χ0n) is 14.5. The predicted octanol–water partition coefficient (Wildman–Crippen LogP) is 0.680. The van der Waals surface area contributed by atoms with Crippen LogP contribution in [0.15, 0.2) is 35.5 Å². The van der Waals surface area contributed by atoms with E-state index in [9.17, 15) is 13.2 Å². The van der Waals surface area contributed by atoms with Crippen molar-refractivity contribution in [2.45, 2.75) is 31.0 Å². The minimum atomic E-state index is -3.83. The summed E-state index contributed by atoms with van der Waals surface area (Å²) < 4.78 is 29.0. The van der Waals surface area contributed by atoms with Crippen molar-refractivity contribution >= 4 is 15.9 Å². The first-order valence-corrected chi connectivity index (χ1v) is 9.59. The van der Waals surface area contributed by atoms with Crippen molar-refractivity contribution < 1.29 is 13.2 Å². The Morgan fingerprint density at radius 1 is 1.35 bits per heavy atom. The van der Waals surface area contributed by atoms with Crippen LogP contribution in [0.1, 0.15) is 23.1 Å². The van der Waals surface area contributed by atoms with Gasteiger partial charge in [0.25, 0.3) is 10.0 Å². The molecule has 2 heterocycles. The second kappa shape index (κ2) is 6.90. The third kappa shape index (κ3) is 3.47. The number of aromatic nitrogens is 2. The molecule has 8 nitrogen and oxygen atoms in total. The van der Waals surface area contributed by atoms with Crippen LogP contribution in [0, 0.1) is 18.3 Å². The molecule has 0 bridgehead atoms. The van der Waals surface area contributed by atoms with Gasteiger partial charge in [-0.05, 0) is 31.0 Å². The topological polar surface area (TPSA) is 108 Å². The fraction of sp³-hybridized carbons (Fsp3) is 0.353. The van der Waals surface area contributed by atoms with Crippen LogP contribution in [0.25, 0.3) is 0 Å². The summed E-state index contributed by atoms with van der Waals surface area (Å²) in [6.07, 6.45) is 1.88. The molecule has 0 aliphatic carbocycles. The zero-order chi connectivity index (χ0) is 18.9. The van der Waals surface area contributed by atoms with Gasteiger partial charge in [-0.3, -0.25) is 9.48 Å². The maximum absolute atomic E-state index is 12.6. The van der Waals surface area contributed by atoms with Crippen LogP contribution in [0.2, 0.25) is 0 Å². The van der Waals surface area contributed by atoms with E-state index >= 15 is 0 Å². The van der Waals surface area contributed by atoms with Crippen LogP contribution in [-0.4, -0.2) is 41.6 Å². The Bertz CT molecular complexity index is 953. The molecule has 1 saturated heterocycles. The molecular formula is C17H19N5O3S. The summed E-state index contributed by atoms with van der Waals surface area (Å²) in [5.41, 5.74) is 1.97. The number of sulfonamides is 1. The minimum absolute atomic E-state index is 0.0656. The Morgan fingerprint density at radius 2 is 2.04 bits per heavy atom. The van der Waals surface area contributed by atoms with E-state index in [4.69, 9.17) is 5.26 Å². The van der Waals surface area contributed by atoms with Crippen LogP contribution in [0.4, 0.5) is 0 Å². The number of benzene rings is 1. The van der Waals surface area contributed by atoms with E-state index in [1.165, 1.54) is 10.9 Å². The fourth-order valence-electron chi connectivity index (χ4n) is 3.08. The number of hydrogen-bond acceptors (Lipinski definition) is 5. The first kappa shape index (κ1) is 18.1. The summed E-state index contributed by atoms with van der Waals surface area (Å²) >= 11 is 0. The van der Waals surface area contributed by atoms with E-state index in [2.05, 4.69) is 9.82 Å². The average molecular weight is 373 g/mol. The maximum atomic E-state index is 12.6. The van der Waals surface area contributed by atoms with Crippen LogP contribution in [0.5, 0.6) is 0 Å². The molecule has 2 aromatic rings. The molecule has 0 spiro atoms. The number of likely N-dealkylation sites (tertiary alicyclic amines) is 1. The van der Waals surface area contributed by atoms with E-state index in [1.807, 2.05) is 6.07 Å². The summed E-state index contributed by atoms with van der Waals surface area (Å²) in [6, 6.07) is 8.24. The minimum Gasteiger partial charge on any atom is -0.337 e. The second-order valence-electron chi connectivity index (χ2n) is 6.29. The molecule has 9 heteroatoms. The lowest BCUT2D eigenvalue weighted by atomic mass is 10.1. The molecule has 1 unspecified atom stereocenters. The SMILES string of the molecule is Cc1cnn(C)c1S(=O)(=O)NC1CCN(Cc2ccc(C#N)cc2)C1=O. The summed E-state index contributed by atoms with van der Waals surface area (Å²) in [7, 11) is -2.28. The molecule has 26 heavy (non-hydrogen) atoms. The molecule has 1 amide bonds. The number of amides is 1. The lowest BCUT2D eigenvalue weighted by Gasteiger charge is -2.17. The van der Waals surface area contributed by atoms with Crippen molar-refractivity contribution in [3.05, 3.63) is 47.2 Å². The summed E-state index contributed by atoms with van der Waals surface area (Å²) in [4.78, 5) is 14.2. The molecule has 1 aromatic carbocycles. The number of carbonyl (C=O) groups excluding carboxylic acids is 1. The monoisotopic (exact) mass is 373 g/mol. The van der Waals surface area contributed by atoms with Gasteiger partial charge in [0.05, 0.1) is 17.8 Å². The maximum Gasteiger partial charge on any atom is 0.258 e. The highest BCUT2D eigenvalue weighted by Gasteiger charge is 2.36. The summed E-state index contributed by atoms with van der Waals surface area (Å²) in [6.45, 7) is 2.51. The number of nitriles is 1. The van der Waals surface area contributed by atoms with Crippen molar-refractivity contribution in [1.29, 1.82) is 5.26 Å². The van der Waals surface area contributed by atoms with Gasteiger partial charge in [-0.15, -0.1) is 0 Å². The highest BCUT2D eigenvalue weighted by molar-refractivity contribution is 7.89. The predicted molar refractivity (Wildman–Crippen MR) is 93.2 cm³/mol. The Kier molecular flexibility index (Phi) is 4.80. The van der Waals surface area contributed by atoms with E-state index < -0.39 is 16.1 Å². The van der Waals surface area contributed by atoms with Gasteiger partial charge >= 0.3 is 0 Å². The van der Waals surface area contributed by atoms with Gasteiger partial charge < -0.3 is 4.90 Å². The molecule has 0 radical (unpaired) electrons. The zero-order valence-corrected chi connectivity index (χ0v) is 15.3. The third-order valence-electron chi connectivity index (χ3n) is 4.36. The molecular weight excluding hydrogens is 354 g/mol. The van der Waals surface area contributed by atoms with E-state index in [0.29, 0.717) is 30.6 Å². The largest absolute Gasteiger partial charge is 0.337 e.